The maximum Gasteiger partial charge on any atom is 0.123 e. The van der Waals surface area contributed by atoms with Gasteiger partial charge in [-0.15, -0.1) is 0 Å². The molecule has 3 heteroatoms. The molecular formula is C15H26N2O. The van der Waals surface area contributed by atoms with Crippen LogP contribution in [0.2, 0.25) is 0 Å². The lowest BCUT2D eigenvalue weighted by Gasteiger charge is -2.20. The Morgan fingerprint density at radius 1 is 1.28 bits per heavy atom. The molecule has 18 heavy (non-hydrogen) atoms. The minimum atomic E-state index is 0.361. The van der Waals surface area contributed by atoms with Crippen molar-refractivity contribution in [2.24, 2.45) is 0 Å². The van der Waals surface area contributed by atoms with Gasteiger partial charge in [-0.2, -0.15) is 0 Å². The molecule has 1 rings (SSSR count). The molecule has 0 fully saturated rings. The second-order valence-corrected chi connectivity index (χ2v) is 4.52. The fourth-order valence-electron chi connectivity index (χ4n) is 2.21. The number of rotatable bonds is 8. The largest absolute Gasteiger partial charge is 0.496 e. The normalized spacial score (nSPS) is 12.4. The molecule has 0 aromatic heterocycles. The molecule has 0 heterocycles. The SMILES string of the molecule is CCc1ccc(OC)c(C(CCCNC)NC)c1. The lowest BCUT2D eigenvalue weighted by Crippen LogP contribution is -2.19. The van der Waals surface area contributed by atoms with E-state index in [0.717, 1.165) is 31.6 Å². The van der Waals surface area contributed by atoms with Crippen LogP contribution < -0.4 is 15.4 Å². The zero-order valence-corrected chi connectivity index (χ0v) is 12.0. The highest BCUT2D eigenvalue weighted by Gasteiger charge is 2.14. The monoisotopic (exact) mass is 250 g/mol. The van der Waals surface area contributed by atoms with Crippen LogP contribution in [-0.4, -0.2) is 27.7 Å². The quantitative estimate of drug-likeness (QED) is 0.696. The van der Waals surface area contributed by atoms with E-state index in [1.807, 2.05) is 14.1 Å². The predicted octanol–water partition coefficient (Wildman–Crippen LogP) is 2.52. The molecule has 0 aliphatic carbocycles. The van der Waals surface area contributed by atoms with Crippen molar-refractivity contribution in [1.82, 2.24) is 10.6 Å². The molecule has 1 aromatic carbocycles. The van der Waals surface area contributed by atoms with Crippen LogP contribution in [0.5, 0.6) is 5.75 Å². The zero-order chi connectivity index (χ0) is 13.4. The second kappa shape index (κ2) is 8.11. The Bertz CT molecular complexity index is 352. The van der Waals surface area contributed by atoms with E-state index in [0.29, 0.717) is 6.04 Å². The van der Waals surface area contributed by atoms with E-state index in [1.165, 1.54) is 11.1 Å². The van der Waals surface area contributed by atoms with Crippen molar-refractivity contribution in [3.05, 3.63) is 29.3 Å². The van der Waals surface area contributed by atoms with Crippen LogP contribution in [0.4, 0.5) is 0 Å². The van der Waals surface area contributed by atoms with Gasteiger partial charge in [0.2, 0.25) is 0 Å². The summed E-state index contributed by atoms with van der Waals surface area (Å²) in [6, 6.07) is 6.85. The summed E-state index contributed by atoms with van der Waals surface area (Å²) >= 11 is 0. The van der Waals surface area contributed by atoms with Crippen molar-refractivity contribution < 1.29 is 4.74 Å². The summed E-state index contributed by atoms with van der Waals surface area (Å²) in [6.45, 7) is 3.23. The third-order valence-electron chi connectivity index (χ3n) is 3.35. The van der Waals surface area contributed by atoms with E-state index >= 15 is 0 Å². The first kappa shape index (κ1) is 15.0. The van der Waals surface area contributed by atoms with Gasteiger partial charge in [-0.25, -0.2) is 0 Å². The van der Waals surface area contributed by atoms with Gasteiger partial charge in [0.15, 0.2) is 0 Å². The summed E-state index contributed by atoms with van der Waals surface area (Å²) in [5, 5.41) is 6.59. The van der Waals surface area contributed by atoms with Gasteiger partial charge >= 0.3 is 0 Å². The number of ether oxygens (including phenoxy) is 1. The molecule has 0 bridgehead atoms. The maximum absolute atomic E-state index is 5.48. The fourth-order valence-corrected chi connectivity index (χ4v) is 2.21. The number of methoxy groups -OCH3 is 1. The lowest BCUT2D eigenvalue weighted by atomic mass is 9.98. The highest BCUT2D eigenvalue weighted by atomic mass is 16.5. The van der Waals surface area contributed by atoms with Crippen LogP contribution in [0.3, 0.4) is 0 Å². The fraction of sp³-hybridized carbons (Fsp3) is 0.600. The average molecular weight is 250 g/mol. The number of hydrogen-bond donors (Lipinski definition) is 2. The molecule has 0 radical (unpaired) electrons. The Morgan fingerprint density at radius 2 is 2.06 bits per heavy atom. The third-order valence-corrected chi connectivity index (χ3v) is 3.35. The Hall–Kier alpha value is -1.06. The van der Waals surface area contributed by atoms with E-state index < -0.39 is 0 Å². The summed E-state index contributed by atoms with van der Waals surface area (Å²) in [6.07, 6.45) is 3.33. The van der Waals surface area contributed by atoms with Crippen LogP contribution in [-0.2, 0) is 6.42 Å². The van der Waals surface area contributed by atoms with Gasteiger partial charge in [-0.1, -0.05) is 19.1 Å². The first-order valence-electron chi connectivity index (χ1n) is 6.75. The molecule has 2 N–H and O–H groups in total. The Morgan fingerprint density at radius 3 is 2.61 bits per heavy atom. The number of hydrogen-bond acceptors (Lipinski definition) is 3. The van der Waals surface area contributed by atoms with E-state index in [1.54, 1.807) is 7.11 Å². The van der Waals surface area contributed by atoms with Crippen molar-refractivity contribution in [2.45, 2.75) is 32.2 Å². The smallest absolute Gasteiger partial charge is 0.123 e. The molecule has 0 saturated heterocycles. The van der Waals surface area contributed by atoms with Gasteiger partial charge in [0.25, 0.3) is 0 Å². The molecule has 0 aliphatic rings. The molecule has 3 nitrogen and oxygen atoms in total. The summed E-state index contributed by atoms with van der Waals surface area (Å²) in [5.74, 6) is 0.982. The third kappa shape index (κ3) is 4.00. The molecule has 0 spiro atoms. The predicted molar refractivity (Wildman–Crippen MR) is 77.3 cm³/mol. The Balaban J connectivity index is 2.87. The Kier molecular flexibility index (Phi) is 6.76. The summed E-state index contributed by atoms with van der Waals surface area (Å²) < 4.78 is 5.48. The molecule has 0 amide bonds. The molecule has 0 aliphatic heterocycles. The van der Waals surface area contributed by atoms with Crippen molar-refractivity contribution >= 4 is 0 Å². The minimum absolute atomic E-state index is 0.361. The number of aryl methyl sites for hydroxylation is 1. The first-order chi connectivity index (χ1) is 8.76. The van der Waals surface area contributed by atoms with Crippen LogP contribution in [0.1, 0.15) is 36.9 Å². The van der Waals surface area contributed by atoms with E-state index in [4.69, 9.17) is 4.74 Å². The van der Waals surface area contributed by atoms with Crippen molar-refractivity contribution in [3.8, 4) is 5.75 Å². The lowest BCUT2D eigenvalue weighted by molar-refractivity contribution is 0.397. The average Bonchev–Trinajstić information content (AvgIpc) is 2.43. The molecule has 0 saturated carbocycles. The second-order valence-electron chi connectivity index (χ2n) is 4.52. The number of benzene rings is 1. The molecule has 1 unspecified atom stereocenters. The van der Waals surface area contributed by atoms with Crippen LogP contribution in [0.25, 0.3) is 0 Å². The van der Waals surface area contributed by atoms with Gasteiger partial charge in [0.1, 0.15) is 5.75 Å². The molecule has 102 valence electrons. The van der Waals surface area contributed by atoms with Gasteiger partial charge in [0, 0.05) is 11.6 Å². The van der Waals surface area contributed by atoms with Gasteiger partial charge in [0.05, 0.1) is 7.11 Å². The standard InChI is InChI=1S/C15H26N2O/c1-5-12-8-9-15(18-4)13(11-12)14(17-3)7-6-10-16-2/h8-9,11,14,16-17H,5-7,10H2,1-4H3. The van der Waals surface area contributed by atoms with Crippen molar-refractivity contribution in [3.63, 3.8) is 0 Å². The summed E-state index contributed by atoms with van der Waals surface area (Å²) in [7, 11) is 5.75. The van der Waals surface area contributed by atoms with Gasteiger partial charge in [-0.3, -0.25) is 0 Å². The minimum Gasteiger partial charge on any atom is -0.496 e. The van der Waals surface area contributed by atoms with E-state index in [-0.39, 0.29) is 0 Å². The summed E-state index contributed by atoms with van der Waals surface area (Å²) in [4.78, 5) is 0. The summed E-state index contributed by atoms with van der Waals surface area (Å²) in [5.41, 5.74) is 2.63. The van der Waals surface area contributed by atoms with Crippen molar-refractivity contribution in [2.75, 3.05) is 27.7 Å². The topological polar surface area (TPSA) is 33.3 Å². The van der Waals surface area contributed by atoms with E-state index in [9.17, 15) is 0 Å². The van der Waals surface area contributed by atoms with Crippen LogP contribution in [0.15, 0.2) is 18.2 Å². The van der Waals surface area contributed by atoms with Crippen LogP contribution >= 0.6 is 0 Å². The molecule has 1 atom stereocenters. The van der Waals surface area contributed by atoms with E-state index in [2.05, 4.69) is 35.8 Å². The molecular weight excluding hydrogens is 224 g/mol. The van der Waals surface area contributed by atoms with Gasteiger partial charge < -0.3 is 15.4 Å². The first-order valence-corrected chi connectivity index (χ1v) is 6.75. The van der Waals surface area contributed by atoms with Crippen molar-refractivity contribution in [1.29, 1.82) is 0 Å². The molecule has 1 aromatic rings. The Labute approximate surface area is 111 Å². The highest BCUT2D eigenvalue weighted by Crippen LogP contribution is 2.29. The number of nitrogens with one attached hydrogen (secondary N) is 2. The maximum atomic E-state index is 5.48. The van der Waals surface area contributed by atoms with Gasteiger partial charge in [-0.05, 0) is 51.5 Å². The highest BCUT2D eigenvalue weighted by molar-refractivity contribution is 5.39. The van der Waals surface area contributed by atoms with Crippen LogP contribution in [0, 0.1) is 0 Å². The zero-order valence-electron chi connectivity index (χ0n) is 12.0.